The second-order valence-corrected chi connectivity index (χ2v) is 9.18. The molecule has 0 spiro atoms. The van der Waals surface area contributed by atoms with Crippen LogP contribution in [0.25, 0.3) is 10.6 Å². The number of aryl methyl sites for hydroxylation is 1. The lowest BCUT2D eigenvalue weighted by molar-refractivity contribution is -0.144. The zero-order chi connectivity index (χ0) is 23.8. The van der Waals surface area contributed by atoms with Crippen molar-refractivity contribution < 1.29 is 27.8 Å². The summed E-state index contributed by atoms with van der Waals surface area (Å²) in [6.45, 7) is 5.65. The fourth-order valence-corrected chi connectivity index (χ4v) is 4.87. The van der Waals surface area contributed by atoms with Gasteiger partial charge in [0.15, 0.2) is 6.10 Å². The van der Waals surface area contributed by atoms with E-state index in [1.165, 1.54) is 36.0 Å². The maximum atomic E-state index is 12.8. The molecule has 33 heavy (non-hydrogen) atoms. The van der Waals surface area contributed by atoms with E-state index in [-0.39, 0.29) is 0 Å². The molecular formula is C24H23F3N2O3S. The minimum Gasteiger partial charge on any atom is -0.479 e. The molecule has 1 atom stereocenters. The second kappa shape index (κ2) is 9.15. The van der Waals surface area contributed by atoms with Gasteiger partial charge < -0.3 is 9.84 Å². The number of alkyl halides is 3. The monoisotopic (exact) mass is 476 g/mol. The summed E-state index contributed by atoms with van der Waals surface area (Å²) in [4.78, 5) is 19.0. The minimum atomic E-state index is -4.36. The van der Waals surface area contributed by atoms with Crippen LogP contribution in [0, 0.1) is 6.92 Å². The quantitative estimate of drug-likeness (QED) is 0.506. The Hall–Kier alpha value is -2.91. The molecule has 2 heterocycles. The first kappa shape index (κ1) is 23.3. The van der Waals surface area contributed by atoms with Crippen LogP contribution in [0.4, 0.5) is 13.2 Å². The van der Waals surface area contributed by atoms with Gasteiger partial charge in [0.05, 0.1) is 11.3 Å². The standard InChI is InChI=1S/C24H23F3N2O3S/c1-14-21(33-22(28-14)17-3-6-19(7-4-17)24(25,26)27)13-29-10-9-16-5-8-20(11-18(16)12-29)32-15(2)23(30)31/h3-8,11,15H,9-10,12-13H2,1-2H3,(H,30,31). The number of hydrogen-bond acceptors (Lipinski definition) is 5. The molecule has 1 unspecified atom stereocenters. The highest BCUT2D eigenvalue weighted by atomic mass is 32.1. The fraction of sp³-hybridized carbons (Fsp3) is 0.333. The topological polar surface area (TPSA) is 62.7 Å². The molecule has 4 rings (SSSR count). The van der Waals surface area contributed by atoms with Crippen molar-refractivity contribution >= 4 is 17.3 Å². The molecule has 2 aromatic carbocycles. The number of fused-ring (bicyclic) bond motifs is 1. The fourth-order valence-electron chi connectivity index (χ4n) is 3.76. The Morgan fingerprint density at radius 3 is 2.61 bits per heavy atom. The predicted octanol–water partition coefficient (Wildman–Crippen LogP) is 5.55. The summed E-state index contributed by atoms with van der Waals surface area (Å²) in [5.74, 6) is -0.483. The molecule has 5 nitrogen and oxygen atoms in total. The maximum Gasteiger partial charge on any atom is 0.416 e. The van der Waals surface area contributed by atoms with E-state index in [2.05, 4.69) is 9.88 Å². The third kappa shape index (κ3) is 5.36. The summed E-state index contributed by atoms with van der Waals surface area (Å²) in [7, 11) is 0. The van der Waals surface area contributed by atoms with Crippen LogP contribution >= 0.6 is 11.3 Å². The van der Waals surface area contributed by atoms with E-state index in [0.717, 1.165) is 41.2 Å². The molecule has 0 radical (unpaired) electrons. The Morgan fingerprint density at radius 1 is 1.21 bits per heavy atom. The van der Waals surface area contributed by atoms with Gasteiger partial charge in [0.2, 0.25) is 0 Å². The van der Waals surface area contributed by atoms with Crippen molar-refractivity contribution in [3.05, 3.63) is 69.7 Å². The molecule has 1 N–H and O–H groups in total. The van der Waals surface area contributed by atoms with Gasteiger partial charge in [-0.2, -0.15) is 13.2 Å². The van der Waals surface area contributed by atoms with Crippen LogP contribution in [0.1, 0.15) is 34.2 Å². The van der Waals surface area contributed by atoms with Gasteiger partial charge in [0.25, 0.3) is 0 Å². The van der Waals surface area contributed by atoms with E-state index in [0.29, 0.717) is 29.4 Å². The predicted molar refractivity (Wildman–Crippen MR) is 119 cm³/mol. The van der Waals surface area contributed by atoms with Gasteiger partial charge in [0, 0.05) is 30.1 Å². The maximum absolute atomic E-state index is 12.8. The summed E-state index contributed by atoms with van der Waals surface area (Å²) in [6, 6.07) is 10.8. The number of nitrogens with zero attached hydrogens (tertiary/aromatic N) is 2. The Balaban J connectivity index is 1.46. The molecule has 1 aromatic heterocycles. The average Bonchev–Trinajstić information content (AvgIpc) is 3.13. The van der Waals surface area contributed by atoms with Gasteiger partial charge >= 0.3 is 12.1 Å². The number of carboxylic acids is 1. The minimum absolute atomic E-state index is 0.532. The molecule has 0 saturated heterocycles. The van der Waals surface area contributed by atoms with Crippen molar-refractivity contribution in [2.75, 3.05) is 6.54 Å². The SMILES string of the molecule is Cc1nc(-c2ccc(C(F)(F)F)cc2)sc1CN1CCc2ccc(OC(C)C(=O)O)cc2C1. The van der Waals surface area contributed by atoms with Crippen LogP contribution in [0.3, 0.4) is 0 Å². The summed E-state index contributed by atoms with van der Waals surface area (Å²) in [5.41, 5.74) is 3.18. The number of aromatic nitrogens is 1. The lowest BCUT2D eigenvalue weighted by Crippen LogP contribution is -2.30. The summed E-state index contributed by atoms with van der Waals surface area (Å²) < 4.78 is 44.0. The van der Waals surface area contributed by atoms with Gasteiger partial charge in [-0.25, -0.2) is 9.78 Å². The smallest absolute Gasteiger partial charge is 0.416 e. The highest BCUT2D eigenvalue weighted by Gasteiger charge is 2.30. The van der Waals surface area contributed by atoms with E-state index in [4.69, 9.17) is 9.84 Å². The number of aliphatic carboxylic acids is 1. The van der Waals surface area contributed by atoms with Gasteiger partial charge in [-0.3, -0.25) is 4.90 Å². The first-order valence-corrected chi connectivity index (χ1v) is 11.3. The van der Waals surface area contributed by atoms with Crippen molar-refractivity contribution in [2.24, 2.45) is 0 Å². The highest BCUT2D eigenvalue weighted by Crippen LogP contribution is 2.34. The average molecular weight is 477 g/mol. The number of hydrogen-bond donors (Lipinski definition) is 1. The van der Waals surface area contributed by atoms with Crippen LogP contribution in [0.5, 0.6) is 5.75 Å². The van der Waals surface area contributed by atoms with E-state index in [1.807, 2.05) is 19.1 Å². The Labute approximate surface area is 193 Å². The zero-order valence-electron chi connectivity index (χ0n) is 18.1. The number of carboxylic acid groups (broad SMARTS) is 1. The lowest BCUT2D eigenvalue weighted by atomic mass is 9.99. The lowest BCUT2D eigenvalue weighted by Gasteiger charge is -2.29. The third-order valence-electron chi connectivity index (χ3n) is 5.65. The largest absolute Gasteiger partial charge is 0.479 e. The molecule has 0 aliphatic carbocycles. The summed E-state index contributed by atoms with van der Waals surface area (Å²) in [5, 5.41) is 9.76. The molecule has 0 fully saturated rings. The van der Waals surface area contributed by atoms with E-state index in [1.54, 1.807) is 6.07 Å². The molecule has 1 aliphatic rings. The van der Waals surface area contributed by atoms with Crippen molar-refractivity contribution in [3.63, 3.8) is 0 Å². The van der Waals surface area contributed by atoms with Crippen molar-refractivity contribution in [2.45, 2.75) is 45.6 Å². The van der Waals surface area contributed by atoms with E-state index in [9.17, 15) is 18.0 Å². The Bertz CT molecular complexity index is 1160. The van der Waals surface area contributed by atoms with Crippen LogP contribution in [0.2, 0.25) is 0 Å². The van der Waals surface area contributed by atoms with E-state index < -0.39 is 23.8 Å². The third-order valence-corrected chi connectivity index (χ3v) is 6.84. The highest BCUT2D eigenvalue weighted by molar-refractivity contribution is 7.15. The van der Waals surface area contributed by atoms with E-state index >= 15 is 0 Å². The molecule has 174 valence electrons. The molecule has 0 amide bonds. The van der Waals surface area contributed by atoms with Crippen molar-refractivity contribution in [3.8, 4) is 16.3 Å². The Morgan fingerprint density at radius 2 is 1.94 bits per heavy atom. The first-order chi connectivity index (χ1) is 15.6. The normalized spacial score (nSPS) is 15.2. The molecule has 0 saturated carbocycles. The Kier molecular flexibility index (Phi) is 6.45. The number of rotatable bonds is 6. The number of halogens is 3. The molecular weight excluding hydrogens is 453 g/mol. The van der Waals surface area contributed by atoms with Gasteiger partial charge in [-0.1, -0.05) is 18.2 Å². The van der Waals surface area contributed by atoms with Crippen molar-refractivity contribution in [1.29, 1.82) is 0 Å². The number of carbonyl (C=O) groups is 1. The molecule has 1 aliphatic heterocycles. The molecule has 0 bridgehead atoms. The second-order valence-electron chi connectivity index (χ2n) is 8.09. The van der Waals surface area contributed by atoms with Gasteiger partial charge in [-0.15, -0.1) is 11.3 Å². The molecule has 9 heteroatoms. The van der Waals surface area contributed by atoms with Crippen LogP contribution in [-0.4, -0.2) is 33.6 Å². The van der Waals surface area contributed by atoms with Gasteiger partial charge in [-0.05, 0) is 55.7 Å². The van der Waals surface area contributed by atoms with Crippen LogP contribution in [0.15, 0.2) is 42.5 Å². The first-order valence-electron chi connectivity index (χ1n) is 10.5. The molecule has 3 aromatic rings. The zero-order valence-corrected chi connectivity index (χ0v) is 19.0. The summed E-state index contributed by atoms with van der Waals surface area (Å²) in [6.07, 6.45) is -4.41. The van der Waals surface area contributed by atoms with Crippen molar-refractivity contribution in [1.82, 2.24) is 9.88 Å². The van der Waals surface area contributed by atoms with Crippen LogP contribution in [-0.2, 0) is 30.5 Å². The number of thiazole rings is 1. The van der Waals surface area contributed by atoms with Gasteiger partial charge in [0.1, 0.15) is 10.8 Å². The number of ether oxygens (including phenoxy) is 1. The summed E-state index contributed by atoms with van der Waals surface area (Å²) >= 11 is 1.49. The number of benzene rings is 2. The van der Waals surface area contributed by atoms with Crippen LogP contribution < -0.4 is 4.74 Å².